The molecule has 0 saturated carbocycles. The topological polar surface area (TPSA) is 72.2 Å². The van der Waals surface area contributed by atoms with Crippen molar-refractivity contribution in [2.24, 2.45) is 0 Å². The molecule has 1 amide bonds. The van der Waals surface area contributed by atoms with E-state index in [-0.39, 0.29) is 12.3 Å². The largest absolute Gasteiger partial charge is 0.307 e. The van der Waals surface area contributed by atoms with Crippen molar-refractivity contribution in [2.75, 3.05) is 5.32 Å². The zero-order valence-electron chi connectivity index (χ0n) is 12.7. The quantitative estimate of drug-likeness (QED) is 0.803. The Morgan fingerprint density at radius 2 is 2.23 bits per heavy atom. The second kappa shape index (κ2) is 5.84. The Morgan fingerprint density at radius 3 is 2.91 bits per heavy atom. The number of hydrogen-bond acceptors (Lipinski definition) is 5. The van der Waals surface area contributed by atoms with E-state index in [4.69, 9.17) is 0 Å². The lowest BCUT2D eigenvalue weighted by Gasteiger charge is -1.98. The molecule has 0 aromatic carbocycles. The maximum Gasteiger partial charge on any atom is 0.232 e. The standard InChI is InChI=1S/C15H17N5OS/c1-9(2)14-18-19-15(22-14)17-12(21)7-11-8-20-6-4-5-10(3)13(20)16-11/h4-6,8-9H,7H2,1-3H3,(H,17,19,21). The highest BCUT2D eigenvalue weighted by Gasteiger charge is 2.12. The molecule has 3 aromatic heterocycles. The van der Waals surface area contributed by atoms with Crippen molar-refractivity contribution < 1.29 is 4.79 Å². The van der Waals surface area contributed by atoms with Crippen LogP contribution in [0.2, 0.25) is 0 Å². The fourth-order valence-electron chi connectivity index (χ4n) is 2.14. The molecule has 3 rings (SSSR count). The van der Waals surface area contributed by atoms with Crippen LogP contribution in [0.4, 0.5) is 5.13 Å². The fourth-order valence-corrected chi connectivity index (χ4v) is 2.90. The fraction of sp³-hybridized carbons (Fsp3) is 0.333. The lowest BCUT2D eigenvalue weighted by Crippen LogP contribution is -2.14. The van der Waals surface area contributed by atoms with E-state index in [1.807, 2.05) is 49.7 Å². The van der Waals surface area contributed by atoms with Crippen molar-refractivity contribution in [3.05, 3.63) is 40.8 Å². The van der Waals surface area contributed by atoms with Gasteiger partial charge in [-0.2, -0.15) is 0 Å². The number of nitrogens with one attached hydrogen (secondary N) is 1. The number of rotatable bonds is 4. The molecule has 0 radical (unpaired) electrons. The molecule has 6 nitrogen and oxygen atoms in total. The molecule has 0 fully saturated rings. The number of anilines is 1. The lowest BCUT2D eigenvalue weighted by molar-refractivity contribution is -0.115. The van der Waals surface area contributed by atoms with E-state index in [1.165, 1.54) is 11.3 Å². The molecule has 0 aliphatic carbocycles. The number of hydrogen-bond donors (Lipinski definition) is 1. The number of aromatic nitrogens is 4. The number of nitrogens with zero attached hydrogens (tertiary/aromatic N) is 4. The number of aryl methyl sites for hydroxylation is 1. The summed E-state index contributed by atoms with van der Waals surface area (Å²) in [5.41, 5.74) is 2.70. The first-order valence-corrected chi connectivity index (χ1v) is 7.91. The van der Waals surface area contributed by atoms with Crippen molar-refractivity contribution in [1.82, 2.24) is 19.6 Å². The number of carbonyl (C=O) groups is 1. The van der Waals surface area contributed by atoms with Gasteiger partial charge in [-0.1, -0.05) is 31.3 Å². The van der Waals surface area contributed by atoms with E-state index in [1.54, 1.807) is 0 Å². The predicted octanol–water partition coefficient (Wildman–Crippen LogP) is 2.80. The Kier molecular flexibility index (Phi) is 3.89. The van der Waals surface area contributed by atoms with Crippen LogP contribution < -0.4 is 5.32 Å². The first-order valence-electron chi connectivity index (χ1n) is 7.09. The van der Waals surface area contributed by atoms with E-state index in [0.29, 0.717) is 11.0 Å². The van der Waals surface area contributed by atoms with Crippen LogP contribution in [0.5, 0.6) is 0 Å². The van der Waals surface area contributed by atoms with Crippen LogP contribution in [0.25, 0.3) is 5.65 Å². The molecule has 1 N–H and O–H groups in total. The summed E-state index contributed by atoms with van der Waals surface area (Å²) >= 11 is 1.41. The third-order valence-corrected chi connectivity index (χ3v) is 4.39. The third kappa shape index (κ3) is 2.99. The molecule has 0 atom stereocenters. The van der Waals surface area contributed by atoms with E-state index in [2.05, 4.69) is 20.5 Å². The zero-order valence-corrected chi connectivity index (χ0v) is 13.5. The Labute approximate surface area is 132 Å². The molecule has 0 unspecified atom stereocenters. The highest BCUT2D eigenvalue weighted by molar-refractivity contribution is 7.15. The van der Waals surface area contributed by atoms with Gasteiger partial charge in [-0.05, 0) is 18.6 Å². The van der Waals surface area contributed by atoms with Crippen LogP contribution in [0.15, 0.2) is 24.5 Å². The summed E-state index contributed by atoms with van der Waals surface area (Å²) < 4.78 is 1.93. The van der Waals surface area contributed by atoms with Gasteiger partial charge in [0.25, 0.3) is 0 Å². The van der Waals surface area contributed by atoms with E-state index in [0.717, 1.165) is 21.9 Å². The number of imidazole rings is 1. The first-order chi connectivity index (χ1) is 10.5. The zero-order chi connectivity index (χ0) is 15.7. The minimum Gasteiger partial charge on any atom is -0.307 e. The van der Waals surface area contributed by atoms with Gasteiger partial charge < -0.3 is 9.72 Å². The van der Waals surface area contributed by atoms with Gasteiger partial charge in [0, 0.05) is 18.3 Å². The van der Waals surface area contributed by atoms with Crippen LogP contribution in [0.1, 0.15) is 36.0 Å². The van der Waals surface area contributed by atoms with Crippen LogP contribution in [-0.4, -0.2) is 25.5 Å². The monoisotopic (exact) mass is 315 g/mol. The Hall–Kier alpha value is -2.28. The van der Waals surface area contributed by atoms with Crippen LogP contribution in [-0.2, 0) is 11.2 Å². The summed E-state index contributed by atoms with van der Waals surface area (Å²) in [7, 11) is 0. The maximum absolute atomic E-state index is 12.1. The summed E-state index contributed by atoms with van der Waals surface area (Å²) in [6.45, 7) is 6.09. The highest BCUT2D eigenvalue weighted by atomic mass is 32.1. The summed E-state index contributed by atoms with van der Waals surface area (Å²) in [5, 5.41) is 12.3. The van der Waals surface area contributed by atoms with E-state index in [9.17, 15) is 4.79 Å². The molecule has 114 valence electrons. The van der Waals surface area contributed by atoms with Gasteiger partial charge in [0.15, 0.2) is 0 Å². The summed E-state index contributed by atoms with van der Waals surface area (Å²) in [6.07, 6.45) is 4.02. The first kappa shape index (κ1) is 14.6. The van der Waals surface area contributed by atoms with Crippen molar-refractivity contribution >= 4 is 28.0 Å². The SMILES string of the molecule is Cc1cccn2cc(CC(=O)Nc3nnc(C(C)C)s3)nc12. The van der Waals surface area contributed by atoms with Gasteiger partial charge in [0.1, 0.15) is 10.7 Å². The Bertz CT molecular complexity index is 820. The van der Waals surface area contributed by atoms with Gasteiger partial charge in [-0.25, -0.2) is 4.98 Å². The Balaban J connectivity index is 1.71. The highest BCUT2D eigenvalue weighted by Crippen LogP contribution is 2.22. The molecule has 0 bridgehead atoms. The van der Waals surface area contributed by atoms with Gasteiger partial charge in [-0.3, -0.25) is 4.79 Å². The van der Waals surface area contributed by atoms with Crippen LogP contribution >= 0.6 is 11.3 Å². The smallest absolute Gasteiger partial charge is 0.232 e. The molecule has 0 aliphatic heterocycles. The number of carbonyl (C=O) groups excluding carboxylic acids is 1. The molecular weight excluding hydrogens is 298 g/mol. The van der Waals surface area contributed by atoms with E-state index >= 15 is 0 Å². The van der Waals surface area contributed by atoms with Gasteiger partial charge in [0.05, 0.1) is 12.1 Å². The summed E-state index contributed by atoms with van der Waals surface area (Å²) in [5.74, 6) is 0.178. The van der Waals surface area contributed by atoms with Crippen molar-refractivity contribution in [1.29, 1.82) is 0 Å². The number of fused-ring (bicyclic) bond motifs is 1. The molecule has 22 heavy (non-hydrogen) atoms. The summed E-state index contributed by atoms with van der Waals surface area (Å²) in [4.78, 5) is 16.6. The van der Waals surface area contributed by atoms with Crippen LogP contribution in [0, 0.1) is 6.92 Å². The van der Waals surface area contributed by atoms with E-state index < -0.39 is 0 Å². The molecule has 7 heteroatoms. The minimum absolute atomic E-state index is 0.132. The van der Waals surface area contributed by atoms with Crippen LogP contribution in [0.3, 0.4) is 0 Å². The maximum atomic E-state index is 12.1. The third-order valence-electron chi connectivity index (χ3n) is 3.25. The number of amides is 1. The van der Waals surface area contributed by atoms with Gasteiger partial charge in [-0.15, -0.1) is 10.2 Å². The molecule has 3 aromatic rings. The summed E-state index contributed by atoms with van der Waals surface area (Å²) in [6, 6.07) is 3.96. The number of pyridine rings is 1. The molecule has 0 saturated heterocycles. The average Bonchev–Trinajstić information content (AvgIpc) is 3.06. The molecule has 0 aliphatic rings. The lowest BCUT2D eigenvalue weighted by atomic mass is 10.2. The second-order valence-corrected chi connectivity index (χ2v) is 6.49. The minimum atomic E-state index is -0.132. The van der Waals surface area contributed by atoms with Crippen molar-refractivity contribution in [3.63, 3.8) is 0 Å². The average molecular weight is 315 g/mol. The Morgan fingerprint density at radius 1 is 1.41 bits per heavy atom. The predicted molar refractivity (Wildman–Crippen MR) is 86.3 cm³/mol. The molecule has 0 spiro atoms. The van der Waals surface area contributed by atoms with Gasteiger partial charge >= 0.3 is 0 Å². The normalized spacial score (nSPS) is 11.3. The molecule has 3 heterocycles. The van der Waals surface area contributed by atoms with Gasteiger partial charge in [0.2, 0.25) is 11.0 Å². The van der Waals surface area contributed by atoms with Crippen molar-refractivity contribution in [3.8, 4) is 0 Å². The molecular formula is C15H17N5OS. The second-order valence-electron chi connectivity index (χ2n) is 5.48. The van der Waals surface area contributed by atoms with Crippen molar-refractivity contribution in [2.45, 2.75) is 33.1 Å².